The fraction of sp³-hybridized carbons (Fsp3) is 0.182. The Labute approximate surface area is 125 Å². The zero-order valence-corrected chi connectivity index (χ0v) is 12.6. The summed E-state index contributed by atoms with van der Waals surface area (Å²) in [6.45, 7) is -0.0211. The minimum atomic E-state index is -4.01. The number of nitrogens with zero attached hydrogens (tertiary/aromatic N) is 2. The number of benzene rings is 1. The Bertz CT molecular complexity index is 744. The van der Waals surface area contributed by atoms with E-state index in [9.17, 15) is 18.5 Å². The Morgan fingerprint density at radius 3 is 2.76 bits per heavy atom. The van der Waals surface area contributed by atoms with Gasteiger partial charge in [0.1, 0.15) is 5.69 Å². The molecule has 2 N–H and O–H groups in total. The first kappa shape index (κ1) is 15.4. The van der Waals surface area contributed by atoms with Crippen molar-refractivity contribution in [2.24, 2.45) is 0 Å². The van der Waals surface area contributed by atoms with Gasteiger partial charge in [-0.25, -0.2) is 18.1 Å². The average molecular weight is 328 g/mol. The fourth-order valence-corrected chi connectivity index (χ4v) is 3.45. The Morgan fingerprint density at radius 1 is 1.43 bits per heavy atom. The third kappa shape index (κ3) is 3.35. The van der Waals surface area contributed by atoms with Crippen LogP contribution in [0.4, 0.5) is 11.4 Å². The second-order valence-corrected chi connectivity index (χ2v) is 6.42. The minimum absolute atomic E-state index is 0.0211. The lowest BCUT2D eigenvalue weighted by molar-refractivity contribution is -0.386. The zero-order chi connectivity index (χ0) is 15.5. The van der Waals surface area contributed by atoms with Crippen LogP contribution in [0.3, 0.4) is 0 Å². The molecule has 10 heteroatoms. The van der Waals surface area contributed by atoms with Gasteiger partial charge in [0.25, 0.3) is 0 Å². The predicted octanol–water partition coefficient (Wildman–Crippen LogP) is 1.57. The molecule has 0 saturated carbocycles. The number of hydrogen-bond acceptors (Lipinski definition) is 7. The highest BCUT2D eigenvalue weighted by Gasteiger charge is 2.28. The van der Waals surface area contributed by atoms with Crippen LogP contribution in [-0.2, 0) is 16.6 Å². The van der Waals surface area contributed by atoms with E-state index in [0.717, 1.165) is 0 Å². The first-order valence-electron chi connectivity index (χ1n) is 5.77. The van der Waals surface area contributed by atoms with E-state index in [1.165, 1.54) is 36.6 Å². The molecular formula is C11H12N4O4S2. The van der Waals surface area contributed by atoms with Gasteiger partial charge in [0, 0.05) is 12.4 Å². The maximum atomic E-state index is 12.3. The van der Waals surface area contributed by atoms with E-state index in [1.807, 2.05) is 0 Å². The van der Waals surface area contributed by atoms with E-state index < -0.39 is 20.6 Å². The Balaban J connectivity index is 2.37. The molecule has 0 spiro atoms. The van der Waals surface area contributed by atoms with Crippen molar-refractivity contribution in [3.8, 4) is 0 Å². The van der Waals surface area contributed by atoms with Crippen molar-refractivity contribution in [3.63, 3.8) is 0 Å². The van der Waals surface area contributed by atoms with E-state index >= 15 is 0 Å². The number of rotatable bonds is 6. The molecule has 0 radical (unpaired) electrons. The van der Waals surface area contributed by atoms with E-state index in [0.29, 0.717) is 5.69 Å². The van der Waals surface area contributed by atoms with Gasteiger partial charge in [-0.2, -0.15) is 0 Å². The van der Waals surface area contributed by atoms with Crippen LogP contribution in [0.15, 0.2) is 34.0 Å². The molecule has 0 saturated heterocycles. The number of sulfonamides is 1. The average Bonchev–Trinajstić information content (AvgIpc) is 2.97. The summed E-state index contributed by atoms with van der Waals surface area (Å²) in [5, 5.41) is 15.5. The molecule has 1 aromatic carbocycles. The van der Waals surface area contributed by atoms with Gasteiger partial charge >= 0.3 is 5.69 Å². The van der Waals surface area contributed by atoms with Crippen molar-refractivity contribution < 1.29 is 13.3 Å². The Hall–Kier alpha value is -2.04. The third-order valence-electron chi connectivity index (χ3n) is 2.67. The Kier molecular flexibility index (Phi) is 4.50. The van der Waals surface area contributed by atoms with Crippen LogP contribution >= 0.6 is 11.3 Å². The smallest absolute Gasteiger partial charge is 0.312 e. The van der Waals surface area contributed by atoms with Crippen molar-refractivity contribution in [2.45, 2.75) is 11.4 Å². The van der Waals surface area contributed by atoms with Crippen LogP contribution in [0.2, 0.25) is 0 Å². The van der Waals surface area contributed by atoms with Gasteiger partial charge in [-0.15, -0.1) is 11.3 Å². The lowest BCUT2D eigenvalue weighted by Gasteiger charge is -2.09. The molecule has 1 heterocycles. The van der Waals surface area contributed by atoms with Crippen molar-refractivity contribution in [3.05, 3.63) is 44.9 Å². The van der Waals surface area contributed by atoms with Crippen LogP contribution in [0.5, 0.6) is 0 Å². The normalized spacial score (nSPS) is 11.3. The molecule has 21 heavy (non-hydrogen) atoms. The van der Waals surface area contributed by atoms with Crippen molar-refractivity contribution in [2.75, 3.05) is 12.4 Å². The van der Waals surface area contributed by atoms with Crippen LogP contribution < -0.4 is 10.0 Å². The van der Waals surface area contributed by atoms with Gasteiger partial charge in [0.2, 0.25) is 10.0 Å². The molecule has 0 amide bonds. The molecule has 1 aromatic heterocycles. The first-order valence-corrected chi connectivity index (χ1v) is 8.20. The number of thiazole rings is 1. The maximum absolute atomic E-state index is 12.3. The summed E-state index contributed by atoms with van der Waals surface area (Å²) in [5.74, 6) is 0. The van der Waals surface area contributed by atoms with Gasteiger partial charge in [0.05, 0.1) is 22.7 Å². The lowest BCUT2D eigenvalue weighted by atomic mass is 10.3. The molecule has 8 nitrogen and oxygen atoms in total. The first-order chi connectivity index (χ1) is 9.95. The third-order valence-corrected chi connectivity index (χ3v) is 4.74. The highest BCUT2D eigenvalue weighted by atomic mass is 32.2. The van der Waals surface area contributed by atoms with Crippen LogP contribution in [0.25, 0.3) is 0 Å². The van der Waals surface area contributed by atoms with E-state index in [1.54, 1.807) is 10.9 Å². The standard InChI is InChI=1S/C11H12N4O4S2/c1-12-9-3-2-4-10(11(9)15(16)17)21(18,19)14-5-8-6-20-7-13-8/h2-4,6-7,12,14H,5H2,1H3. The molecule has 2 aromatic rings. The van der Waals surface area contributed by atoms with E-state index in [2.05, 4.69) is 15.0 Å². The molecule has 0 fully saturated rings. The number of para-hydroxylation sites is 1. The molecule has 0 aliphatic rings. The van der Waals surface area contributed by atoms with Gasteiger partial charge in [-0.3, -0.25) is 10.1 Å². The quantitative estimate of drug-likeness (QED) is 0.614. The summed E-state index contributed by atoms with van der Waals surface area (Å²) in [4.78, 5) is 14.0. The van der Waals surface area contributed by atoms with E-state index in [-0.39, 0.29) is 17.1 Å². The molecule has 112 valence electrons. The monoisotopic (exact) mass is 328 g/mol. The summed E-state index contributed by atoms with van der Waals surface area (Å²) in [7, 11) is -2.52. The highest BCUT2D eigenvalue weighted by Crippen LogP contribution is 2.31. The number of nitrogens with one attached hydrogen (secondary N) is 2. The number of nitro groups is 1. The number of aromatic nitrogens is 1. The van der Waals surface area contributed by atoms with Crippen LogP contribution in [-0.4, -0.2) is 25.4 Å². The van der Waals surface area contributed by atoms with Crippen molar-refractivity contribution in [1.82, 2.24) is 9.71 Å². The van der Waals surface area contributed by atoms with Gasteiger partial charge in [0.15, 0.2) is 4.90 Å². The second-order valence-electron chi connectivity index (χ2n) is 3.96. The summed E-state index contributed by atoms with van der Waals surface area (Å²) in [6, 6.07) is 4.08. The van der Waals surface area contributed by atoms with E-state index in [4.69, 9.17) is 0 Å². The topological polar surface area (TPSA) is 114 Å². The summed E-state index contributed by atoms with van der Waals surface area (Å²) in [5.41, 5.74) is 1.78. The zero-order valence-electron chi connectivity index (χ0n) is 10.9. The van der Waals surface area contributed by atoms with Gasteiger partial charge in [-0.1, -0.05) is 6.07 Å². The fourth-order valence-electron chi connectivity index (χ4n) is 1.70. The molecule has 0 bridgehead atoms. The SMILES string of the molecule is CNc1cccc(S(=O)(=O)NCc2cscn2)c1[N+](=O)[O-]. The lowest BCUT2D eigenvalue weighted by Crippen LogP contribution is -2.24. The maximum Gasteiger partial charge on any atom is 0.312 e. The van der Waals surface area contributed by atoms with Gasteiger partial charge in [-0.05, 0) is 12.1 Å². The van der Waals surface area contributed by atoms with Crippen LogP contribution in [0, 0.1) is 10.1 Å². The highest BCUT2D eigenvalue weighted by molar-refractivity contribution is 7.89. The molecule has 2 rings (SSSR count). The predicted molar refractivity (Wildman–Crippen MR) is 78.8 cm³/mol. The Morgan fingerprint density at radius 2 is 2.19 bits per heavy atom. The summed E-state index contributed by atoms with van der Waals surface area (Å²) in [6.07, 6.45) is 0. The summed E-state index contributed by atoms with van der Waals surface area (Å²) >= 11 is 1.34. The van der Waals surface area contributed by atoms with Crippen LogP contribution in [0.1, 0.15) is 5.69 Å². The molecule has 0 aliphatic heterocycles. The van der Waals surface area contributed by atoms with Gasteiger partial charge < -0.3 is 5.32 Å². The minimum Gasteiger partial charge on any atom is -0.383 e. The molecule has 0 aliphatic carbocycles. The molecule has 0 atom stereocenters. The van der Waals surface area contributed by atoms with Crippen molar-refractivity contribution in [1.29, 1.82) is 0 Å². The number of nitro benzene ring substituents is 1. The van der Waals surface area contributed by atoms with Crippen molar-refractivity contribution >= 4 is 32.7 Å². The second kappa shape index (κ2) is 6.16. The molecule has 0 unspecified atom stereocenters. The molecular weight excluding hydrogens is 316 g/mol. The number of anilines is 1. The summed E-state index contributed by atoms with van der Waals surface area (Å²) < 4.78 is 26.8. The largest absolute Gasteiger partial charge is 0.383 e. The number of hydrogen-bond donors (Lipinski definition) is 2.